The van der Waals surface area contributed by atoms with Gasteiger partial charge >= 0.3 is 0 Å². The van der Waals surface area contributed by atoms with Crippen LogP contribution in [-0.2, 0) is 6.54 Å². The van der Waals surface area contributed by atoms with Gasteiger partial charge in [0.2, 0.25) is 0 Å². The number of ether oxygens (including phenoxy) is 2. The minimum absolute atomic E-state index is 0. The topological polar surface area (TPSA) is 54.3 Å². The molecule has 1 rings (SSSR count). The maximum absolute atomic E-state index is 8.58. The predicted molar refractivity (Wildman–Crippen MR) is 90.6 cm³/mol. The molecular weight excluding hydrogens is 391 g/mol. The third-order valence-corrected chi connectivity index (χ3v) is 3.25. The number of benzene rings is 1. The van der Waals surface area contributed by atoms with Crippen molar-refractivity contribution >= 4 is 35.0 Å². The molecular formula is C14H20ClIN2O2. The lowest BCUT2D eigenvalue weighted by atomic mass is 10.2. The molecule has 4 nitrogen and oxygen atoms in total. The molecule has 20 heavy (non-hydrogen) atoms. The number of halogens is 2. The van der Waals surface area contributed by atoms with Crippen molar-refractivity contribution in [2.24, 2.45) is 5.92 Å². The van der Waals surface area contributed by atoms with Gasteiger partial charge in [0, 0.05) is 6.54 Å². The summed E-state index contributed by atoms with van der Waals surface area (Å²) in [5.74, 6) is 1.93. The van der Waals surface area contributed by atoms with Crippen LogP contribution in [0.3, 0.4) is 0 Å². The van der Waals surface area contributed by atoms with E-state index in [4.69, 9.17) is 14.7 Å². The van der Waals surface area contributed by atoms with Crippen molar-refractivity contribution in [3.63, 3.8) is 0 Å². The van der Waals surface area contributed by atoms with E-state index in [0.29, 0.717) is 17.4 Å². The van der Waals surface area contributed by atoms with Crippen molar-refractivity contribution in [3.05, 3.63) is 21.3 Å². The zero-order chi connectivity index (χ0) is 14.3. The summed E-state index contributed by atoms with van der Waals surface area (Å²) in [6.45, 7) is 6.15. The molecule has 0 amide bonds. The van der Waals surface area contributed by atoms with Crippen molar-refractivity contribution in [2.45, 2.75) is 20.4 Å². The van der Waals surface area contributed by atoms with Crippen LogP contribution in [0.1, 0.15) is 19.4 Å². The number of methoxy groups -OCH3 is 1. The minimum Gasteiger partial charge on any atom is -0.493 e. The van der Waals surface area contributed by atoms with Gasteiger partial charge in [-0.3, -0.25) is 0 Å². The molecule has 0 aliphatic rings. The fourth-order valence-electron chi connectivity index (χ4n) is 1.62. The van der Waals surface area contributed by atoms with Gasteiger partial charge < -0.3 is 14.8 Å². The minimum atomic E-state index is 0. The molecule has 0 aromatic heterocycles. The van der Waals surface area contributed by atoms with Gasteiger partial charge in [0.25, 0.3) is 0 Å². The maximum Gasteiger partial charge on any atom is 0.176 e. The van der Waals surface area contributed by atoms with Crippen LogP contribution in [0.25, 0.3) is 0 Å². The van der Waals surface area contributed by atoms with E-state index in [1.165, 1.54) is 0 Å². The average molecular weight is 411 g/mol. The molecule has 0 aliphatic heterocycles. The zero-order valence-corrected chi connectivity index (χ0v) is 14.9. The van der Waals surface area contributed by atoms with Gasteiger partial charge in [-0.05, 0) is 52.7 Å². The first-order chi connectivity index (χ1) is 9.08. The largest absolute Gasteiger partial charge is 0.493 e. The number of nitrogens with one attached hydrogen (secondary N) is 1. The van der Waals surface area contributed by atoms with E-state index >= 15 is 0 Å². The predicted octanol–water partition coefficient (Wildman–Crippen LogP) is 3.37. The molecule has 0 fully saturated rings. The second-order valence-corrected chi connectivity index (χ2v) is 5.74. The summed E-state index contributed by atoms with van der Waals surface area (Å²) in [6.07, 6.45) is 0. The first kappa shape index (κ1) is 19.3. The van der Waals surface area contributed by atoms with Crippen LogP contribution < -0.4 is 14.8 Å². The number of hydrogen-bond donors (Lipinski definition) is 1. The quantitative estimate of drug-likeness (QED) is 0.700. The Morgan fingerprint density at radius 3 is 2.65 bits per heavy atom. The van der Waals surface area contributed by atoms with Crippen molar-refractivity contribution in [2.75, 3.05) is 20.3 Å². The SMILES string of the molecule is COc1cc(CNCC(C)C)cc(I)c1OCC#N.Cl. The van der Waals surface area contributed by atoms with E-state index in [0.717, 1.165) is 22.2 Å². The summed E-state index contributed by atoms with van der Waals surface area (Å²) in [6, 6.07) is 5.95. The Hall–Kier alpha value is -0.710. The first-order valence-electron chi connectivity index (χ1n) is 6.15. The molecule has 6 heteroatoms. The molecule has 0 unspecified atom stereocenters. The van der Waals surface area contributed by atoms with Gasteiger partial charge in [-0.25, -0.2) is 0 Å². The molecule has 0 atom stereocenters. The Morgan fingerprint density at radius 1 is 1.40 bits per heavy atom. The Labute approximate surface area is 140 Å². The Bertz CT molecular complexity index is 461. The van der Waals surface area contributed by atoms with Gasteiger partial charge in [0.1, 0.15) is 6.07 Å². The molecule has 0 spiro atoms. The molecule has 0 saturated heterocycles. The summed E-state index contributed by atoms with van der Waals surface area (Å²) in [7, 11) is 1.61. The van der Waals surface area contributed by atoms with E-state index < -0.39 is 0 Å². The highest BCUT2D eigenvalue weighted by atomic mass is 127. The zero-order valence-electron chi connectivity index (χ0n) is 11.9. The lowest BCUT2D eigenvalue weighted by molar-refractivity contribution is 0.327. The van der Waals surface area contributed by atoms with Gasteiger partial charge in [-0.1, -0.05) is 13.8 Å². The van der Waals surface area contributed by atoms with Crippen molar-refractivity contribution in [1.82, 2.24) is 5.32 Å². The number of nitriles is 1. The number of hydrogen-bond acceptors (Lipinski definition) is 4. The molecule has 1 aromatic carbocycles. The summed E-state index contributed by atoms with van der Waals surface area (Å²) >= 11 is 2.20. The highest BCUT2D eigenvalue weighted by molar-refractivity contribution is 14.1. The molecule has 0 saturated carbocycles. The fraction of sp³-hybridized carbons (Fsp3) is 0.500. The lowest BCUT2D eigenvalue weighted by Gasteiger charge is -2.13. The van der Waals surface area contributed by atoms with Crippen molar-refractivity contribution in [3.8, 4) is 17.6 Å². The normalized spacial score (nSPS) is 9.80. The second-order valence-electron chi connectivity index (χ2n) is 4.58. The molecule has 1 N–H and O–H groups in total. The van der Waals surface area contributed by atoms with Crippen molar-refractivity contribution < 1.29 is 9.47 Å². The molecule has 1 aromatic rings. The standard InChI is InChI=1S/C14H19IN2O2.ClH/c1-10(2)8-17-9-11-6-12(15)14(19-5-4-16)13(7-11)18-3;/h6-7,10,17H,5,8-9H2,1-3H3;1H. The Kier molecular flexibility index (Phi) is 9.72. The van der Waals surface area contributed by atoms with E-state index in [2.05, 4.69) is 41.8 Å². The van der Waals surface area contributed by atoms with E-state index in [9.17, 15) is 0 Å². The average Bonchev–Trinajstić information content (AvgIpc) is 2.36. The third kappa shape index (κ3) is 6.16. The molecule has 0 aliphatic carbocycles. The first-order valence-corrected chi connectivity index (χ1v) is 7.23. The Morgan fingerprint density at radius 2 is 2.10 bits per heavy atom. The number of nitrogens with zero attached hydrogens (tertiary/aromatic N) is 1. The monoisotopic (exact) mass is 410 g/mol. The molecule has 112 valence electrons. The van der Waals surface area contributed by atoms with Crippen LogP contribution in [0.5, 0.6) is 11.5 Å². The summed E-state index contributed by atoms with van der Waals surface area (Å²) in [4.78, 5) is 0. The number of rotatable bonds is 7. The lowest BCUT2D eigenvalue weighted by Crippen LogP contribution is -2.19. The van der Waals surface area contributed by atoms with Crippen LogP contribution >= 0.6 is 35.0 Å². The third-order valence-electron chi connectivity index (χ3n) is 2.45. The van der Waals surface area contributed by atoms with Crippen LogP contribution in [0.2, 0.25) is 0 Å². The smallest absolute Gasteiger partial charge is 0.176 e. The van der Waals surface area contributed by atoms with Crippen LogP contribution in [0, 0.1) is 20.8 Å². The van der Waals surface area contributed by atoms with Crippen LogP contribution in [0.4, 0.5) is 0 Å². The maximum atomic E-state index is 8.58. The van der Waals surface area contributed by atoms with E-state index in [1.807, 2.05) is 18.2 Å². The Balaban J connectivity index is 0.00000361. The van der Waals surface area contributed by atoms with E-state index in [1.54, 1.807) is 7.11 Å². The fourth-order valence-corrected chi connectivity index (χ4v) is 2.45. The second kappa shape index (κ2) is 10.1. The summed E-state index contributed by atoms with van der Waals surface area (Å²) < 4.78 is 11.7. The summed E-state index contributed by atoms with van der Waals surface area (Å²) in [5, 5.41) is 12.0. The molecule has 0 bridgehead atoms. The molecule has 0 heterocycles. The van der Waals surface area contributed by atoms with Crippen LogP contribution in [0.15, 0.2) is 12.1 Å². The van der Waals surface area contributed by atoms with Crippen LogP contribution in [-0.4, -0.2) is 20.3 Å². The van der Waals surface area contributed by atoms with Gasteiger partial charge in [-0.15, -0.1) is 12.4 Å². The van der Waals surface area contributed by atoms with Gasteiger partial charge in [0.05, 0.1) is 10.7 Å². The molecule has 0 radical (unpaired) electrons. The van der Waals surface area contributed by atoms with Gasteiger partial charge in [-0.2, -0.15) is 5.26 Å². The highest BCUT2D eigenvalue weighted by Crippen LogP contribution is 2.33. The summed E-state index contributed by atoms with van der Waals surface area (Å²) in [5.41, 5.74) is 1.14. The van der Waals surface area contributed by atoms with E-state index in [-0.39, 0.29) is 19.0 Å². The van der Waals surface area contributed by atoms with Crippen molar-refractivity contribution in [1.29, 1.82) is 5.26 Å². The highest BCUT2D eigenvalue weighted by Gasteiger charge is 2.11. The van der Waals surface area contributed by atoms with Gasteiger partial charge in [0.15, 0.2) is 18.1 Å².